The lowest BCUT2D eigenvalue weighted by Gasteiger charge is -2.26. The number of sulfonamides is 1. The van der Waals surface area contributed by atoms with E-state index in [4.69, 9.17) is 4.74 Å². The van der Waals surface area contributed by atoms with Crippen molar-refractivity contribution in [1.29, 1.82) is 0 Å². The number of nitrogens with zero attached hydrogens (tertiary/aromatic N) is 2. The third-order valence-electron chi connectivity index (χ3n) is 2.96. The number of likely N-dealkylation sites (N-methyl/N-ethyl adjacent to an activating group) is 1. The van der Waals surface area contributed by atoms with Gasteiger partial charge in [-0.3, -0.25) is 10.1 Å². The first-order valence-corrected chi connectivity index (χ1v) is 7.67. The highest BCUT2D eigenvalue weighted by atomic mass is 32.2. The van der Waals surface area contributed by atoms with Gasteiger partial charge in [0.15, 0.2) is 5.75 Å². The minimum Gasteiger partial charge on any atom is -0.502 e. The van der Waals surface area contributed by atoms with Crippen molar-refractivity contribution >= 4 is 15.7 Å². The van der Waals surface area contributed by atoms with Crippen molar-refractivity contribution in [3.63, 3.8) is 0 Å². The summed E-state index contributed by atoms with van der Waals surface area (Å²) in [4.78, 5) is 9.72. The monoisotopic (exact) mass is 318 g/mol. The van der Waals surface area contributed by atoms with Crippen molar-refractivity contribution < 1.29 is 23.2 Å². The number of methoxy groups -OCH3 is 1. The molecule has 0 heterocycles. The summed E-state index contributed by atoms with van der Waals surface area (Å²) in [6.45, 7) is 3.74. The quantitative estimate of drug-likeness (QED) is 0.600. The molecule has 0 aromatic heterocycles. The van der Waals surface area contributed by atoms with E-state index < -0.39 is 32.4 Å². The molecular weight excluding hydrogens is 300 g/mol. The molecule has 1 unspecified atom stereocenters. The van der Waals surface area contributed by atoms with Gasteiger partial charge in [0.2, 0.25) is 10.0 Å². The topological polar surface area (TPSA) is 110 Å². The molecule has 1 aromatic rings. The largest absolute Gasteiger partial charge is 0.502 e. The lowest BCUT2D eigenvalue weighted by molar-refractivity contribution is -0.386. The minimum absolute atomic E-state index is 0.196. The van der Waals surface area contributed by atoms with Crippen LogP contribution in [-0.2, 0) is 14.8 Å². The van der Waals surface area contributed by atoms with E-state index in [1.54, 1.807) is 13.8 Å². The summed E-state index contributed by atoms with van der Waals surface area (Å²) >= 11 is 0. The van der Waals surface area contributed by atoms with Crippen molar-refractivity contribution in [3.8, 4) is 5.75 Å². The Balaban J connectivity index is 3.29. The number of phenolic OH excluding ortho intramolecular Hbond substituents is 1. The van der Waals surface area contributed by atoms with E-state index in [1.165, 1.54) is 11.4 Å². The summed E-state index contributed by atoms with van der Waals surface area (Å²) < 4.78 is 31.2. The average molecular weight is 318 g/mol. The summed E-state index contributed by atoms with van der Waals surface area (Å²) in [5.41, 5.74) is -0.647. The molecule has 0 saturated carbocycles. The zero-order valence-electron chi connectivity index (χ0n) is 12.0. The van der Waals surface area contributed by atoms with Crippen LogP contribution < -0.4 is 0 Å². The highest BCUT2D eigenvalue weighted by molar-refractivity contribution is 7.89. The SMILES string of the molecule is CCN(C(C)COC)S(=O)(=O)c1ccc(O)c([N+](=O)[O-])c1. The first-order valence-electron chi connectivity index (χ1n) is 6.23. The van der Waals surface area contributed by atoms with Gasteiger partial charge in [0.1, 0.15) is 0 Å². The van der Waals surface area contributed by atoms with Crippen LogP contribution in [0.5, 0.6) is 5.75 Å². The Hall–Kier alpha value is -1.71. The number of nitro benzene ring substituents is 1. The zero-order valence-corrected chi connectivity index (χ0v) is 12.8. The van der Waals surface area contributed by atoms with Gasteiger partial charge in [-0.1, -0.05) is 6.92 Å². The fourth-order valence-electron chi connectivity index (χ4n) is 1.99. The van der Waals surface area contributed by atoms with Gasteiger partial charge in [0, 0.05) is 25.8 Å². The lowest BCUT2D eigenvalue weighted by Crippen LogP contribution is -2.40. The number of benzene rings is 1. The Labute approximate surface area is 123 Å². The molecule has 1 rings (SSSR count). The summed E-state index contributed by atoms with van der Waals surface area (Å²) in [6, 6.07) is 2.57. The van der Waals surface area contributed by atoms with Crippen LogP contribution in [0.3, 0.4) is 0 Å². The van der Waals surface area contributed by atoms with Crippen LogP contribution in [0.4, 0.5) is 5.69 Å². The Bertz CT molecular complexity index is 616. The Morgan fingerprint density at radius 1 is 1.48 bits per heavy atom. The molecule has 1 N–H and O–H groups in total. The number of phenols is 1. The van der Waals surface area contributed by atoms with Crippen LogP contribution in [0.1, 0.15) is 13.8 Å². The highest BCUT2D eigenvalue weighted by Gasteiger charge is 2.29. The number of hydrogen-bond donors (Lipinski definition) is 1. The zero-order chi connectivity index (χ0) is 16.2. The number of aromatic hydroxyl groups is 1. The van der Waals surface area contributed by atoms with Crippen molar-refractivity contribution in [2.24, 2.45) is 0 Å². The third-order valence-corrected chi connectivity index (χ3v) is 5.05. The minimum atomic E-state index is -3.91. The molecule has 0 amide bonds. The summed E-state index contributed by atoms with van der Waals surface area (Å²) in [6.07, 6.45) is 0. The van der Waals surface area contributed by atoms with Crippen LogP contribution in [0.15, 0.2) is 23.1 Å². The molecule has 0 bridgehead atoms. The second-order valence-corrected chi connectivity index (χ2v) is 6.31. The second kappa shape index (κ2) is 6.83. The predicted molar refractivity (Wildman–Crippen MR) is 75.7 cm³/mol. The molecule has 1 atom stereocenters. The number of rotatable bonds is 7. The van der Waals surface area contributed by atoms with Gasteiger partial charge in [0.05, 0.1) is 16.4 Å². The van der Waals surface area contributed by atoms with Crippen LogP contribution in [0.2, 0.25) is 0 Å². The number of hydrogen-bond acceptors (Lipinski definition) is 6. The number of nitro groups is 1. The average Bonchev–Trinajstić information content (AvgIpc) is 2.39. The van der Waals surface area contributed by atoms with Crippen molar-refractivity contribution in [3.05, 3.63) is 28.3 Å². The molecule has 0 aliphatic carbocycles. The molecule has 0 radical (unpaired) electrons. The Morgan fingerprint density at radius 3 is 2.57 bits per heavy atom. The smallest absolute Gasteiger partial charge is 0.312 e. The van der Waals surface area contributed by atoms with Crippen molar-refractivity contribution in [1.82, 2.24) is 4.31 Å². The summed E-state index contributed by atoms with van der Waals surface area (Å²) in [7, 11) is -2.45. The fourth-order valence-corrected chi connectivity index (χ4v) is 3.63. The summed E-state index contributed by atoms with van der Waals surface area (Å²) in [5.74, 6) is -0.577. The van der Waals surface area contributed by atoms with Crippen LogP contribution >= 0.6 is 0 Å². The first kappa shape index (κ1) is 17.3. The predicted octanol–water partition coefficient (Wildman–Crippen LogP) is 1.35. The normalized spacial score (nSPS) is 13.3. The van der Waals surface area contributed by atoms with E-state index in [0.29, 0.717) is 0 Å². The molecule has 118 valence electrons. The van der Waals surface area contributed by atoms with E-state index in [1.807, 2.05) is 0 Å². The van der Waals surface area contributed by atoms with E-state index in [2.05, 4.69) is 0 Å². The molecule has 21 heavy (non-hydrogen) atoms. The fraction of sp³-hybridized carbons (Fsp3) is 0.500. The molecule has 0 aliphatic heterocycles. The maximum absolute atomic E-state index is 12.5. The van der Waals surface area contributed by atoms with Gasteiger partial charge in [0.25, 0.3) is 0 Å². The Morgan fingerprint density at radius 2 is 2.10 bits per heavy atom. The lowest BCUT2D eigenvalue weighted by atomic mass is 10.3. The Kier molecular flexibility index (Phi) is 5.64. The van der Waals surface area contributed by atoms with Gasteiger partial charge in [-0.15, -0.1) is 0 Å². The second-order valence-electron chi connectivity index (χ2n) is 4.42. The standard InChI is InChI=1S/C12H18N2O6S/c1-4-13(9(2)8-20-3)21(18,19)10-5-6-12(15)11(7-10)14(16)17/h5-7,9,15H,4,8H2,1-3H3. The summed E-state index contributed by atoms with van der Waals surface area (Å²) in [5, 5.41) is 20.2. The maximum atomic E-state index is 12.5. The first-order chi connectivity index (χ1) is 9.75. The van der Waals surface area contributed by atoms with Gasteiger partial charge in [-0.25, -0.2) is 8.42 Å². The highest BCUT2D eigenvalue weighted by Crippen LogP contribution is 2.30. The molecular formula is C12H18N2O6S. The van der Waals surface area contributed by atoms with Crippen LogP contribution in [-0.4, -0.2) is 49.1 Å². The van der Waals surface area contributed by atoms with Gasteiger partial charge < -0.3 is 9.84 Å². The van der Waals surface area contributed by atoms with E-state index in [0.717, 1.165) is 18.2 Å². The van der Waals surface area contributed by atoms with Gasteiger partial charge in [-0.2, -0.15) is 4.31 Å². The maximum Gasteiger partial charge on any atom is 0.312 e. The van der Waals surface area contributed by atoms with E-state index in [-0.39, 0.29) is 18.0 Å². The van der Waals surface area contributed by atoms with Gasteiger partial charge >= 0.3 is 5.69 Å². The molecule has 0 saturated heterocycles. The third kappa shape index (κ3) is 3.69. The molecule has 0 aliphatic rings. The van der Waals surface area contributed by atoms with Crippen molar-refractivity contribution in [2.45, 2.75) is 24.8 Å². The van der Waals surface area contributed by atoms with Crippen LogP contribution in [0, 0.1) is 10.1 Å². The molecule has 1 aromatic carbocycles. The molecule has 9 heteroatoms. The molecule has 0 fully saturated rings. The molecule has 0 spiro atoms. The van der Waals surface area contributed by atoms with E-state index in [9.17, 15) is 23.6 Å². The number of ether oxygens (including phenoxy) is 1. The van der Waals surface area contributed by atoms with Gasteiger partial charge in [-0.05, 0) is 19.1 Å². The van der Waals surface area contributed by atoms with Crippen LogP contribution in [0.25, 0.3) is 0 Å². The van der Waals surface area contributed by atoms with Crippen molar-refractivity contribution in [2.75, 3.05) is 20.3 Å². The molecule has 8 nitrogen and oxygen atoms in total. The van der Waals surface area contributed by atoms with E-state index >= 15 is 0 Å².